The Morgan fingerprint density at radius 2 is 1.38 bits per heavy atom. The van der Waals surface area contributed by atoms with Gasteiger partial charge in [-0.05, 0) is 71.4 Å². The van der Waals surface area contributed by atoms with Crippen LogP contribution in [0.25, 0.3) is 0 Å². The number of carbonyl (C=O) groups excluding carboxylic acids is 2. The number of benzene rings is 3. The van der Waals surface area contributed by atoms with Crippen molar-refractivity contribution in [3.63, 3.8) is 0 Å². The molecule has 0 aliphatic rings. The summed E-state index contributed by atoms with van der Waals surface area (Å²) in [6.45, 7) is 11.6. The minimum absolute atomic E-state index is 0. The second-order valence-corrected chi connectivity index (χ2v) is 18.8. The number of carbonyl (C=O) groups is 2. The minimum atomic E-state index is -2.83. The first-order valence-electron chi connectivity index (χ1n) is 24.6. The summed E-state index contributed by atoms with van der Waals surface area (Å²) in [6, 6.07) is 32.6. The van der Waals surface area contributed by atoms with Gasteiger partial charge in [0.25, 0.3) is 0 Å². The van der Waals surface area contributed by atoms with Crippen molar-refractivity contribution in [1.29, 1.82) is 5.53 Å². The Bertz CT molecular complexity index is 2970. The molecule has 0 saturated heterocycles. The Morgan fingerprint density at radius 1 is 0.817 bits per heavy atom. The number of nitrogen functional groups attached to an aromatic ring is 1. The zero-order valence-electron chi connectivity index (χ0n) is 47.3. The van der Waals surface area contributed by atoms with E-state index in [9.17, 15) is 29.8 Å². The Kier molecular flexibility index (Phi) is 47.1. The Balaban J connectivity index is 0. The van der Waals surface area contributed by atoms with Crippen molar-refractivity contribution in [3.8, 4) is 11.8 Å². The van der Waals surface area contributed by atoms with Gasteiger partial charge in [0, 0.05) is 11.9 Å². The topological polar surface area (TPSA) is 350 Å². The van der Waals surface area contributed by atoms with E-state index in [0.29, 0.717) is 30.2 Å². The number of anilines is 3. The van der Waals surface area contributed by atoms with E-state index in [4.69, 9.17) is 25.5 Å². The van der Waals surface area contributed by atoms with Crippen LogP contribution in [-0.4, -0.2) is 211 Å². The van der Waals surface area contributed by atoms with Gasteiger partial charge in [-0.3, -0.25) is 30.5 Å². The molecule has 25 nitrogen and oxygen atoms in total. The fourth-order valence-electron chi connectivity index (χ4n) is 6.64. The van der Waals surface area contributed by atoms with Crippen LogP contribution >= 0.6 is 18.6 Å². The number of nitrogens with two attached hydrogens (primary N) is 2. The Morgan fingerprint density at radius 3 is 1.84 bits per heavy atom. The van der Waals surface area contributed by atoms with Crippen molar-refractivity contribution in [3.05, 3.63) is 179 Å². The van der Waals surface area contributed by atoms with Crippen LogP contribution in [0.15, 0.2) is 168 Å². The van der Waals surface area contributed by atoms with E-state index in [-0.39, 0.29) is 121 Å². The van der Waals surface area contributed by atoms with Crippen molar-refractivity contribution < 1.29 is 91.2 Å². The number of hydrogen-bond acceptors (Lipinski definition) is 19. The fraction of sp³-hybridized carbons (Fsp3) is 0.200. The van der Waals surface area contributed by atoms with Gasteiger partial charge in [0.05, 0.1) is 36.2 Å². The van der Waals surface area contributed by atoms with Crippen LogP contribution in [-0.2, 0) is 16.0 Å². The number of hydrogen-bond donors (Lipinski definition) is 4. The molecule has 0 aliphatic carbocycles. The van der Waals surface area contributed by atoms with Crippen LogP contribution in [0.2, 0.25) is 0 Å². The average molecular weight is 1290 g/mol. The molecular formula is C50H59K5N15O10PS. The number of nitro groups is 2. The van der Waals surface area contributed by atoms with Gasteiger partial charge >= 0.3 is 207 Å². The normalized spacial score (nSPS) is 9.88. The van der Waals surface area contributed by atoms with Crippen LogP contribution in [0, 0.1) is 25.8 Å². The molecule has 0 radical (unpaired) electrons. The van der Waals surface area contributed by atoms with Gasteiger partial charge in [-0.15, -0.1) is 13.2 Å². The van der Waals surface area contributed by atoms with Crippen molar-refractivity contribution in [2.75, 3.05) is 48.1 Å². The summed E-state index contributed by atoms with van der Waals surface area (Å²) in [5.41, 5.74) is 10.6. The summed E-state index contributed by atoms with van der Waals surface area (Å²) >= 11 is 6.17. The van der Waals surface area contributed by atoms with Crippen LogP contribution < -0.4 is 98.6 Å². The van der Waals surface area contributed by atoms with Crippen molar-refractivity contribution in [2.45, 2.75) is 39.4 Å². The summed E-state index contributed by atoms with van der Waals surface area (Å²) in [4.78, 5) is 70.3. The molecule has 0 spiro atoms. The number of thioether (sulfide) groups is 1. The van der Waals surface area contributed by atoms with Gasteiger partial charge in [0.15, 0.2) is 10.9 Å². The molecule has 0 saturated carbocycles. The molecule has 0 bridgehead atoms. The zero-order valence-corrected chi connectivity index (χ0v) is 63.6. The molecule has 82 heavy (non-hydrogen) atoms. The molecule has 0 atom stereocenters. The summed E-state index contributed by atoms with van der Waals surface area (Å²) in [5, 5.41) is 37.1. The van der Waals surface area contributed by atoms with Crippen LogP contribution in [0.4, 0.5) is 38.4 Å². The van der Waals surface area contributed by atoms with E-state index in [1.54, 1.807) is 44.3 Å². The summed E-state index contributed by atoms with van der Waals surface area (Å²) < 4.78 is 21.8. The summed E-state index contributed by atoms with van der Waals surface area (Å²) in [7, 11) is 0. The third-order valence-corrected chi connectivity index (χ3v) is 14.5. The number of amides is 2. The molecule has 6 N–H and O–H groups in total. The first kappa shape index (κ1) is 80.8. The van der Waals surface area contributed by atoms with Gasteiger partial charge in [-0.1, -0.05) is 140 Å². The molecule has 3 aromatic heterocycles. The number of ether oxygens (including phenoxy) is 4. The molecule has 410 valence electrons. The number of aromatic nitrogens is 5. The molecule has 0 unspecified atom stereocenters. The number of nitrogens with zero attached hydrogens (tertiary/aromatic N) is 11. The predicted molar refractivity (Wildman–Crippen MR) is 322 cm³/mol. The molecule has 6 rings (SSSR count). The third kappa shape index (κ3) is 26.6. The van der Waals surface area contributed by atoms with Gasteiger partial charge < -0.3 is 32.0 Å². The van der Waals surface area contributed by atoms with Gasteiger partial charge in [0.1, 0.15) is 18.1 Å². The first-order chi connectivity index (χ1) is 38.8. The molecule has 6 aromatic rings. The fourth-order valence-corrected chi connectivity index (χ4v) is 11.0. The van der Waals surface area contributed by atoms with Crippen molar-refractivity contribution >= 4 is 208 Å². The molecule has 0 aliphatic heterocycles. The van der Waals surface area contributed by atoms with E-state index >= 15 is 0 Å². The standard InChI is InChI=1S/C39H38N5O6P.C10H13N5O4S.CH4.5K.H3N5.H/c1-4-7-27-49-35-24-17-25-40-33(35)28-43(39(45)48-6-3)37-36(44(46)47)34(41-38(42-37)50-26-5-2)29-51(30-18-11-8-12-19-30,31-20-13-9-14-21-31)32-22-15-10-16-23-32;1-3-5-20-9-12-7(11)6(15(17)18)8(13-9)14-10(16)19-4-2;;;;;;;1-3-5-4-2;/h4-5,8-25,29H,1-2,6-7,26-28H2,3H3;3H,1,4-5H2,2H3,(H3,11,12,13,14,16);1H4;;;;;;(H3,1,2,5);/q;;;;;;;+1;;-1. The zero-order chi connectivity index (χ0) is 59.3. The maximum absolute atomic E-state index is 13.8. The first-order valence-corrected chi connectivity index (χ1v) is 59.5. The van der Waals surface area contributed by atoms with Crippen molar-refractivity contribution in [2.24, 2.45) is 21.5 Å². The second-order valence-electron chi connectivity index (χ2n) is 14.5. The SMILES string of the molecule is C.C=CCCOc1cccnc1CN(C(=O)OCC)c1nc(OCC=C)nc(C=P(c2ccccc2)(c2ccccc2)c2ccccc2)c1[N+](=O)[O-].C=CCSc1nc(N)c([N+](=O)[O-])c(NC(=O)OCC)n1.N=N/N=N/N.[H-].[K+].[K][K].[K][K]. The number of rotatable bonds is 23. The maximum atomic E-state index is 13.8. The quantitative estimate of drug-likeness (QED) is 0.00632. The average Bonchev–Trinajstić information content (AvgIpc) is 3.67. The molecule has 3 aromatic carbocycles. The molecule has 3 heterocycles. The molecular weight excluding hydrogens is 1230 g/mol. The van der Waals surface area contributed by atoms with Crippen LogP contribution in [0.1, 0.15) is 40.5 Å². The van der Waals surface area contributed by atoms with E-state index in [1.807, 2.05) is 96.8 Å². The third-order valence-electron chi connectivity index (χ3n) is 9.67. The molecule has 32 heteroatoms. The van der Waals surface area contributed by atoms with Gasteiger partial charge in [-0.25, -0.2) is 14.5 Å². The van der Waals surface area contributed by atoms with E-state index in [1.165, 1.54) is 144 Å². The van der Waals surface area contributed by atoms with Crippen molar-refractivity contribution in [1.82, 2.24) is 24.9 Å². The van der Waals surface area contributed by atoms with Crippen LogP contribution in [0.3, 0.4) is 0 Å². The molecule has 2 amide bonds. The summed E-state index contributed by atoms with van der Waals surface area (Å²) in [5.74, 6) is 6.16. The van der Waals surface area contributed by atoms with Gasteiger partial charge in [0.2, 0.25) is 17.5 Å². The Labute approximate surface area is 615 Å². The van der Waals surface area contributed by atoms with Crippen LogP contribution in [0.5, 0.6) is 11.8 Å². The second kappa shape index (κ2) is 47.8. The molecule has 0 fully saturated rings. The van der Waals surface area contributed by atoms with E-state index < -0.39 is 40.3 Å². The van der Waals surface area contributed by atoms with E-state index in [2.05, 4.69) is 76.2 Å². The Hall–Kier alpha value is -1.24. The number of pyridine rings is 1. The summed E-state index contributed by atoms with van der Waals surface area (Å²) in [6.07, 6.45) is 5.23. The number of nitrogens with one attached hydrogen (secondary N) is 2. The van der Waals surface area contributed by atoms with E-state index in [0.717, 1.165) is 20.8 Å². The van der Waals surface area contributed by atoms with Gasteiger partial charge in [-0.2, -0.15) is 25.5 Å². The predicted octanol–water partition coefficient (Wildman–Crippen LogP) is 4.91. The monoisotopic (exact) mass is 1290 g/mol.